The summed E-state index contributed by atoms with van der Waals surface area (Å²) in [6, 6.07) is 5.60. The first kappa shape index (κ1) is 18.2. The molecule has 4 heteroatoms. The van der Waals surface area contributed by atoms with Crippen LogP contribution in [0.15, 0.2) is 18.2 Å². The molecule has 0 aliphatic carbocycles. The predicted molar refractivity (Wildman–Crippen MR) is 89.4 cm³/mol. The molecule has 0 aliphatic rings. The Bertz CT molecular complexity index is 578. The van der Waals surface area contributed by atoms with Gasteiger partial charge in [0.05, 0.1) is 5.54 Å². The maximum Gasteiger partial charge on any atom is 0.270 e. The molecule has 4 nitrogen and oxygen atoms in total. The number of hydrazine groups is 1. The highest BCUT2D eigenvalue weighted by molar-refractivity contribution is 5.97. The predicted octanol–water partition coefficient (Wildman–Crippen LogP) is 3.62. The number of benzene rings is 1. The Morgan fingerprint density at radius 2 is 1.55 bits per heavy atom. The zero-order valence-electron chi connectivity index (χ0n) is 15.0. The Morgan fingerprint density at radius 3 is 2.00 bits per heavy atom. The van der Waals surface area contributed by atoms with Crippen LogP contribution in [0.3, 0.4) is 0 Å². The van der Waals surface area contributed by atoms with Crippen LogP contribution in [0.1, 0.15) is 63.0 Å². The first-order valence-corrected chi connectivity index (χ1v) is 7.57. The van der Waals surface area contributed by atoms with Gasteiger partial charge >= 0.3 is 0 Å². The fourth-order valence-corrected chi connectivity index (χ4v) is 2.02. The van der Waals surface area contributed by atoms with Gasteiger partial charge in [-0.05, 0) is 51.8 Å². The lowest BCUT2D eigenvalue weighted by molar-refractivity contribution is -0.148. The van der Waals surface area contributed by atoms with Crippen LogP contribution < -0.4 is 5.43 Å². The van der Waals surface area contributed by atoms with Gasteiger partial charge in [0.2, 0.25) is 5.91 Å². The molecule has 0 aromatic heterocycles. The minimum atomic E-state index is -0.567. The number of amides is 2. The zero-order chi connectivity index (χ0) is 17.3. The van der Waals surface area contributed by atoms with Gasteiger partial charge in [-0.1, -0.05) is 32.9 Å². The van der Waals surface area contributed by atoms with Crippen molar-refractivity contribution in [3.8, 4) is 0 Å². The van der Waals surface area contributed by atoms with Crippen molar-refractivity contribution in [2.45, 2.75) is 60.9 Å². The fourth-order valence-electron chi connectivity index (χ4n) is 2.02. The van der Waals surface area contributed by atoms with Gasteiger partial charge in [0.15, 0.2) is 0 Å². The molecule has 0 aliphatic heterocycles. The van der Waals surface area contributed by atoms with Crippen LogP contribution in [-0.2, 0) is 4.79 Å². The summed E-state index contributed by atoms with van der Waals surface area (Å²) >= 11 is 0. The molecule has 1 aromatic carbocycles. The molecule has 1 aromatic rings. The maximum atomic E-state index is 12.6. The molecular weight excluding hydrogens is 276 g/mol. The summed E-state index contributed by atoms with van der Waals surface area (Å²) in [5.74, 6) is -0.368. The first-order valence-electron chi connectivity index (χ1n) is 7.57. The van der Waals surface area contributed by atoms with Crippen LogP contribution in [0.5, 0.6) is 0 Å². The molecular formula is C18H28N2O2. The number of rotatable bonds is 1. The van der Waals surface area contributed by atoms with Gasteiger partial charge in [0, 0.05) is 11.0 Å². The molecule has 0 radical (unpaired) electrons. The summed E-state index contributed by atoms with van der Waals surface area (Å²) in [7, 11) is 0. The molecule has 0 bridgehead atoms. The molecule has 0 saturated heterocycles. The summed E-state index contributed by atoms with van der Waals surface area (Å²) in [6.45, 7) is 15.1. The molecule has 0 saturated carbocycles. The van der Waals surface area contributed by atoms with E-state index in [1.165, 1.54) is 5.01 Å². The summed E-state index contributed by atoms with van der Waals surface area (Å²) < 4.78 is 0. The highest BCUT2D eigenvalue weighted by atomic mass is 16.2. The van der Waals surface area contributed by atoms with Gasteiger partial charge in [-0.2, -0.15) is 0 Å². The highest BCUT2D eigenvalue weighted by Gasteiger charge is 2.35. The second-order valence-corrected chi connectivity index (χ2v) is 7.75. The molecule has 0 fully saturated rings. The van der Waals surface area contributed by atoms with Crippen LogP contribution in [0.2, 0.25) is 0 Å². The van der Waals surface area contributed by atoms with Gasteiger partial charge in [-0.15, -0.1) is 0 Å². The van der Waals surface area contributed by atoms with Crippen LogP contribution in [0.25, 0.3) is 0 Å². The summed E-state index contributed by atoms with van der Waals surface area (Å²) in [4.78, 5) is 25.2. The third-order valence-electron chi connectivity index (χ3n) is 3.58. The number of nitrogens with one attached hydrogen (secondary N) is 1. The van der Waals surface area contributed by atoms with Crippen molar-refractivity contribution in [1.29, 1.82) is 0 Å². The van der Waals surface area contributed by atoms with E-state index in [1.54, 1.807) is 6.07 Å². The van der Waals surface area contributed by atoms with Crippen molar-refractivity contribution in [1.82, 2.24) is 10.4 Å². The van der Waals surface area contributed by atoms with Crippen molar-refractivity contribution in [2.75, 3.05) is 0 Å². The van der Waals surface area contributed by atoms with Crippen LogP contribution in [0, 0.1) is 19.3 Å². The van der Waals surface area contributed by atoms with Crippen molar-refractivity contribution in [3.63, 3.8) is 0 Å². The van der Waals surface area contributed by atoms with E-state index in [9.17, 15) is 9.59 Å². The fraction of sp³-hybridized carbons (Fsp3) is 0.556. The Hall–Kier alpha value is -1.84. The maximum absolute atomic E-state index is 12.6. The zero-order valence-corrected chi connectivity index (χ0v) is 15.0. The summed E-state index contributed by atoms with van der Waals surface area (Å²) in [6.07, 6.45) is 0. The smallest absolute Gasteiger partial charge is 0.270 e. The minimum Gasteiger partial charge on any atom is -0.272 e. The van der Waals surface area contributed by atoms with E-state index >= 15 is 0 Å². The monoisotopic (exact) mass is 304 g/mol. The van der Waals surface area contributed by atoms with Crippen molar-refractivity contribution >= 4 is 11.8 Å². The number of hydrogen-bond acceptors (Lipinski definition) is 2. The quantitative estimate of drug-likeness (QED) is 0.806. The van der Waals surface area contributed by atoms with E-state index in [0.29, 0.717) is 5.56 Å². The van der Waals surface area contributed by atoms with E-state index < -0.39 is 11.0 Å². The number of aryl methyl sites for hydroxylation is 1. The van der Waals surface area contributed by atoms with E-state index in [0.717, 1.165) is 11.1 Å². The number of nitrogens with zero attached hydrogens (tertiary/aromatic N) is 1. The molecule has 22 heavy (non-hydrogen) atoms. The van der Waals surface area contributed by atoms with Gasteiger partial charge in [-0.25, -0.2) is 5.01 Å². The van der Waals surface area contributed by atoms with E-state index in [-0.39, 0.29) is 11.8 Å². The molecule has 0 spiro atoms. The second-order valence-electron chi connectivity index (χ2n) is 7.75. The SMILES string of the molecule is Cc1cccc(C(=O)NN(C(=O)C(C)(C)C)C(C)(C)C)c1C. The lowest BCUT2D eigenvalue weighted by atomic mass is 9.93. The van der Waals surface area contributed by atoms with E-state index in [4.69, 9.17) is 0 Å². The Balaban J connectivity index is 3.13. The van der Waals surface area contributed by atoms with Crippen molar-refractivity contribution < 1.29 is 9.59 Å². The molecule has 1 rings (SSSR count). The summed E-state index contributed by atoms with van der Waals surface area (Å²) in [5, 5.41) is 1.44. The largest absolute Gasteiger partial charge is 0.272 e. The van der Waals surface area contributed by atoms with Crippen LogP contribution in [-0.4, -0.2) is 22.4 Å². The van der Waals surface area contributed by atoms with Gasteiger partial charge < -0.3 is 0 Å². The molecule has 0 heterocycles. The van der Waals surface area contributed by atoms with E-state index in [1.807, 2.05) is 67.5 Å². The number of carbonyl (C=O) groups excluding carboxylic acids is 2. The third kappa shape index (κ3) is 4.09. The Kier molecular flexibility index (Phi) is 5.06. The lowest BCUT2D eigenvalue weighted by Crippen LogP contribution is -2.58. The highest BCUT2D eigenvalue weighted by Crippen LogP contribution is 2.23. The van der Waals surface area contributed by atoms with Crippen molar-refractivity contribution in [3.05, 3.63) is 34.9 Å². The molecule has 2 amide bonds. The van der Waals surface area contributed by atoms with Gasteiger partial charge in [0.1, 0.15) is 0 Å². The average Bonchev–Trinajstić information content (AvgIpc) is 2.35. The second kappa shape index (κ2) is 6.11. The van der Waals surface area contributed by atoms with Crippen LogP contribution >= 0.6 is 0 Å². The summed E-state index contributed by atoms with van der Waals surface area (Å²) in [5.41, 5.74) is 4.30. The normalized spacial score (nSPS) is 12.0. The number of hydrogen-bond donors (Lipinski definition) is 1. The Morgan fingerprint density at radius 1 is 1.00 bits per heavy atom. The molecule has 0 atom stereocenters. The van der Waals surface area contributed by atoms with Crippen molar-refractivity contribution in [2.24, 2.45) is 5.41 Å². The van der Waals surface area contributed by atoms with Crippen LogP contribution in [0.4, 0.5) is 0 Å². The standard InChI is InChI=1S/C18H28N2O2/c1-12-10-9-11-14(13(12)2)15(21)19-20(18(6,7)8)16(22)17(3,4)5/h9-11H,1-8H3,(H,19,21). The average molecular weight is 304 g/mol. The molecule has 122 valence electrons. The molecule has 1 N–H and O–H groups in total. The van der Waals surface area contributed by atoms with Gasteiger partial charge in [0.25, 0.3) is 5.91 Å². The minimum absolute atomic E-state index is 0.112. The van der Waals surface area contributed by atoms with E-state index in [2.05, 4.69) is 5.43 Å². The first-order chi connectivity index (χ1) is 9.85. The third-order valence-corrected chi connectivity index (χ3v) is 3.58. The lowest BCUT2D eigenvalue weighted by Gasteiger charge is -2.39. The number of carbonyl (C=O) groups is 2. The van der Waals surface area contributed by atoms with Gasteiger partial charge in [-0.3, -0.25) is 15.0 Å². The Labute approximate surface area is 133 Å². The topological polar surface area (TPSA) is 49.4 Å². The molecule has 0 unspecified atom stereocenters.